The molecule has 0 saturated heterocycles. The number of nitrogens with zero attached hydrogens (tertiary/aromatic N) is 1. The van der Waals surface area contributed by atoms with Crippen LogP contribution in [0.4, 0.5) is 0 Å². The van der Waals surface area contributed by atoms with E-state index in [4.69, 9.17) is 0 Å². The van der Waals surface area contributed by atoms with E-state index in [1.165, 1.54) is 25.5 Å². The molecule has 4 bridgehead atoms. The third kappa shape index (κ3) is 2.16. The van der Waals surface area contributed by atoms with E-state index in [0.29, 0.717) is 34.2 Å². The molecule has 1 aromatic heterocycles. The van der Waals surface area contributed by atoms with Crippen LogP contribution in [0.1, 0.15) is 59.2 Å². The predicted molar refractivity (Wildman–Crippen MR) is 93.6 cm³/mol. The average Bonchev–Trinajstić information content (AvgIpc) is 2.58. The zero-order chi connectivity index (χ0) is 17.2. The molecule has 4 saturated carbocycles. The number of pyridine rings is 1. The smallest absolute Gasteiger partial charge is 0.337 e. The maximum Gasteiger partial charge on any atom is 0.337 e. The van der Waals surface area contributed by atoms with Crippen LogP contribution in [0.25, 0.3) is 10.9 Å². The van der Waals surface area contributed by atoms with E-state index in [1.54, 1.807) is 18.2 Å². The number of fused-ring (bicyclic) bond motifs is 1. The Morgan fingerprint density at radius 3 is 2.20 bits per heavy atom. The molecule has 6 rings (SSSR count). The second-order valence-corrected chi connectivity index (χ2v) is 8.40. The number of carboxylic acids is 1. The monoisotopic (exact) mass is 335 g/mol. The van der Waals surface area contributed by atoms with Gasteiger partial charge in [-0.15, -0.1) is 0 Å². The topological polar surface area (TPSA) is 67.3 Å². The summed E-state index contributed by atoms with van der Waals surface area (Å²) in [7, 11) is 0. The quantitative estimate of drug-likeness (QED) is 0.848. The minimum Gasteiger partial charge on any atom is -0.478 e. The molecule has 1 aromatic carbocycles. The van der Waals surface area contributed by atoms with Gasteiger partial charge in [-0.1, -0.05) is 18.2 Å². The molecule has 128 valence electrons. The number of carbonyl (C=O) groups is 2. The van der Waals surface area contributed by atoms with E-state index in [0.717, 1.165) is 19.3 Å². The Hall–Kier alpha value is -2.23. The fraction of sp³-hybridized carbons (Fsp3) is 0.476. The largest absolute Gasteiger partial charge is 0.478 e. The minimum absolute atomic E-state index is 0.0299. The third-order valence-corrected chi connectivity index (χ3v) is 6.75. The van der Waals surface area contributed by atoms with Gasteiger partial charge in [-0.2, -0.15) is 0 Å². The molecule has 2 aromatic rings. The van der Waals surface area contributed by atoms with Gasteiger partial charge in [0.15, 0.2) is 5.78 Å². The van der Waals surface area contributed by atoms with Crippen molar-refractivity contribution in [2.75, 3.05) is 0 Å². The molecule has 4 heteroatoms. The van der Waals surface area contributed by atoms with E-state index >= 15 is 0 Å². The Bertz CT molecular complexity index is 866. The molecule has 0 spiro atoms. The van der Waals surface area contributed by atoms with Crippen LogP contribution in [-0.2, 0) is 0 Å². The number of hydrogen-bond donors (Lipinski definition) is 1. The zero-order valence-electron chi connectivity index (χ0n) is 14.1. The summed E-state index contributed by atoms with van der Waals surface area (Å²) < 4.78 is 0. The highest BCUT2D eigenvalue weighted by Crippen LogP contribution is 2.61. The van der Waals surface area contributed by atoms with Gasteiger partial charge >= 0.3 is 5.97 Å². The summed E-state index contributed by atoms with van der Waals surface area (Å²) in [5.41, 5.74) is 0.727. The molecule has 4 aliphatic rings. The molecule has 0 amide bonds. The molecule has 0 radical (unpaired) electrons. The number of hydrogen-bond acceptors (Lipinski definition) is 3. The number of carbonyl (C=O) groups excluding carboxylic acids is 1. The molecule has 4 fully saturated rings. The van der Waals surface area contributed by atoms with Crippen LogP contribution < -0.4 is 0 Å². The number of aromatic carboxylic acids is 1. The molecule has 25 heavy (non-hydrogen) atoms. The second-order valence-electron chi connectivity index (χ2n) is 8.40. The standard InChI is InChI=1S/C21H21NO3/c23-19(21-8-12-5-13(9-21)7-14(6-12)10-21)16-11-22-17-4-2-1-3-15(17)18(16)20(24)25/h1-4,11-14H,5-10H2,(H,24,25). The van der Waals surface area contributed by atoms with Gasteiger partial charge in [-0.05, 0) is 62.3 Å². The SMILES string of the molecule is O=C(O)c1c(C(=O)C23CC4CC(CC(C4)C2)C3)cnc2ccccc12. The molecule has 4 nitrogen and oxygen atoms in total. The van der Waals surface area contributed by atoms with E-state index < -0.39 is 5.97 Å². The van der Waals surface area contributed by atoms with Crippen molar-refractivity contribution in [2.45, 2.75) is 38.5 Å². The van der Waals surface area contributed by atoms with Crippen LogP contribution in [-0.4, -0.2) is 21.8 Å². The Morgan fingerprint density at radius 1 is 1.00 bits per heavy atom. The highest BCUT2D eigenvalue weighted by atomic mass is 16.4. The van der Waals surface area contributed by atoms with Crippen LogP contribution in [0.3, 0.4) is 0 Å². The summed E-state index contributed by atoms with van der Waals surface area (Å²) >= 11 is 0. The molecular weight excluding hydrogens is 314 g/mol. The van der Waals surface area contributed by atoms with Crippen LogP contribution >= 0.6 is 0 Å². The maximum atomic E-state index is 13.6. The molecule has 0 aliphatic heterocycles. The highest BCUT2D eigenvalue weighted by molar-refractivity contribution is 6.14. The van der Waals surface area contributed by atoms with Gasteiger partial charge in [0.1, 0.15) is 0 Å². The summed E-state index contributed by atoms with van der Waals surface area (Å²) in [6.45, 7) is 0. The van der Waals surface area contributed by atoms with Crippen LogP contribution in [0.5, 0.6) is 0 Å². The summed E-state index contributed by atoms with van der Waals surface area (Å²) in [5, 5.41) is 10.4. The predicted octanol–water partition coefficient (Wildman–Crippen LogP) is 4.33. The maximum absolute atomic E-state index is 13.6. The van der Waals surface area contributed by atoms with Crippen molar-refractivity contribution in [3.63, 3.8) is 0 Å². The number of para-hydroxylation sites is 1. The number of carboxylic acid groups (broad SMARTS) is 1. The van der Waals surface area contributed by atoms with Crippen LogP contribution in [0, 0.1) is 23.2 Å². The number of ketones is 1. The van der Waals surface area contributed by atoms with Crippen molar-refractivity contribution in [2.24, 2.45) is 23.2 Å². The van der Waals surface area contributed by atoms with Gasteiger partial charge in [0.25, 0.3) is 0 Å². The molecular formula is C21H21NO3. The Balaban J connectivity index is 1.65. The Kier molecular flexibility index (Phi) is 3.09. The van der Waals surface area contributed by atoms with E-state index in [1.807, 2.05) is 6.07 Å². The van der Waals surface area contributed by atoms with Crippen LogP contribution in [0.2, 0.25) is 0 Å². The third-order valence-electron chi connectivity index (χ3n) is 6.75. The Morgan fingerprint density at radius 2 is 1.60 bits per heavy atom. The van der Waals surface area contributed by atoms with Gasteiger partial charge in [0.2, 0.25) is 0 Å². The molecule has 1 N–H and O–H groups in total. The Labute approximate surface area is 146 Å². The first kappa shape index (κ1) is 15.1. The van der Waals surface area contributed by atoms with E-state index in [9.17, 15) is 14.7 Å². The summed E-state index contributed by atoms with van der Waals surface area (Å²) in [6, 6.07) is 7.18. The fourth-order valence-corrected chi connectivity index (χ4v) is 6.22. The number of rotatable bonds is 3. The van der Waals surface area contributed by atoms with Gasteiger partial charge < -0.3 is 5.11 Å². The number of aromatic nitrogens is 1. The zero-order valence-corrected chi connectivity index (χ0v) is 14.1. The lowest BCUT2D eigenvalue weighted by Gasteiger charge is -2.56. The first-order valence-corrected chi connectivity index (χ1v) is 9.21. The van der Waals surface area contributed by atoms with Crippen LogP contribution in [0.15, 0.2) is 30.5 Å². The van der Waals surface area contributed by atoms with Crippen molar-refractivity contribution >= 4 is 22.7 Å². The lowest BCUT2D eigenvalue weighted by molar-refractivity contribution is -0.0353. The minimum atomic E-state index is -1.04. The summed E-state index contributed by atoms with van der Waals surface area (Å²) in [5.74, 6) is 0.944. The first-order chi connectivity index (χ1) is 12.1. The average molecular weight is 335 g/mol. The van der Waals surface area contributed by atoms with Crippen molar-refractivity contribution in [1.29, 1.82) is 0 Å². The summed E-state index contributed by atoms with van der Waals surface area (Å²) in [4.78, 5) is 29.9. The normalized spacial score (nSPS) is 32.9. The van der Waals surface area contributed by atoms with E-state index in [2.05, 4.69) is 4.98 Å². The van der Waals surface area contributed by atoms with Crippen molar-refractivity contribution < 1.29 is 14.7 Å². The number of Topliss-reactive ketones (excluding diaryl/α,β-unsaturated/α-hetero) is 1. The van der Waals surface area contributed by atoms with Gasteiger partial charge in [0, 0.05) is 17.0 Å². The first-order valence-electron chi connectivity index (χ1n) is 9.21. The van der Waals surface area contributed by atoms with Crippen molar-refractivity contribution in [3.05, 3.63) is 41.6 Å². The molecule has 0 atom stereocenters. The summed E-state index contributed by atoms with van der Waals surface area (Å²) in [6.07, 6.45) is 8.08. The number of benzene rings is 1. The molecule has 0 unspecified atom stereocenters. The molecule has 4 aliphatic carbocycles. The van der Waals surface area contributed by atoms with Gasteiger partial charge in [-0.25, -0.2) is 4.79 Å². The lowest BCUT2D eigenvalue weighted by atomic mass is 9.48. The van der Waals surface area contributed by atoms with Gasteiger partial charge in [0.05, 0.1) is 16.6 Å². The van der Waals surface area contributed by atoms with Crippen molar-refractivity contribution in [3.8, 4) is 0 Å². The lowest BCUT2D eigenvalue weighted by Crippen LogP contribution is -2.50. The fourth-order valence-electron chi connectivity index (χ4n) is 6.22. The highest BCUT2D eigenvalue weighted by Gasteiger charge is 2.55. The van der Waals surface area contributed by atoms with Gasteiger partial charge in [-0.3, -0.25) is 9.78 Å². The van der Waals surface area contributed by atoms with Crippen molar-refractivity contribution in [1.82, 2.24) is 4.98 Å². The second kappa shape index (κ2) is 5.13. The molecule has 1 heterocycles. The van der Waals surface area contributed by atoms with E-state index in [-0.39, 0.29) is 16.8 Å².